The minimum absolute atomic E-state index is 0.0410. The van der Waals surface area contributed by atoms with Gasteiger partial charge >= 0.3 is 5.63 Å². The number of benzene rings is 2. The number of hydrogen-bond donors (Lipinski definition) is 0. The number of carbonyl (C=O) groups is 1. The molecule has 0 radical (unpaired) electrons. The van der Waals surface area contributed by atoms with Crippen molar-refractivity contribution in [3.8, 4) is 11.1 Å². The molecule has 0 saturated carbocycles. The van der Waals surface area contributed by atoms with Crippen molar-refractivity contribution in [2.75, 3.05) is 18.6 Å². The molecule has 4 aromatic rings. The zero-order valence-corrected chi connectivity index (χ0v) is 20.1. The molecule has 0 bridgehead atoms. The zero-order valence-electron chi connectivity index (χ0n) is 19.3. The third-order valence-corrected chi connectivity index (χ3v) is 8.56. The van der Waals surface area contributed by atoms with Gasteiger partial charge in [-0.2, -0.15) is 0 Å². The van der Waals surface area contributed by atoms with Crippen molar-refractivity contribution in [3.63, 3.8) is 0 Å². The lowest BCUT2D eigenvalue weighted by molar-refractivity contribution is -0.130. The van der Waals surface area contributed by atoms with Crippen molar-refractivity contribution in [2.24, 2.45) is 0 Å². The van der Waals surface area contributed by atoms with E-state index < -0.39 is 15.5 Å². The number of carbonyl (C=O) groups excluding carboxylic acids is 1. The molecule has 5 rings (SSSR count). The van der Waals surface area contributed by atoms with Gasteiger partial charge in [-0.1, -0.05) is 30.3 Å². The second-order valence-corrected chi connectivity index (χ2v) is 11.2. The summed E-state index contributed by atoms with van der Waals surface area (Å²) in [5.41, 5.74) is 3.40. The van der Waals surface area contributed by atoms with Crippen LogP contribution in [0, 0.1) is 13.8 Å². The fourth-order valence-electron chi connectivity index (χ4n) is 4.83. The summed E-state index contributed by atoms with van der Waals surface area (Å²) in [6.07, 6.45) is 0.265. The maximum atomic E-state index is 12.9. The summed E-state index contributed by atoms with van der Waals surface area (Å²) in [7, 11) is -1.53. The predicted octanol–water partition coefficient (Wildman–Crippen LogP) is 4.01. The Balaban J connectivity index is 1.56. The van der Waals surface area contributed by atoms with Gasteiger partial charge in [0.1, 0.15) is 16.9 Å². The van der Waals surface area contributed by atoms with E-state index in [1.54, 1.807) is 13.1 Å². The zero-order chi connectivity index (χ0) is 24.2. The first-order chi connectivity index (χ1) is 16.1. The van der Waals surface area contributed by atoms with Crippen molar-refractivity contribution in [1.29, 1.82) is 0 Å². The van der Waals surface area contributed by atoms with Crippen LogP contribution in [-0.2, 0) is 21.1 Å². The van der Waals surface area contributed by atoms with Crippen LogP contribution in [0.2, 0.25) is 0 Å². The topological polar surface area (TPSA) is 97.8 Å². The van der Waals surface area contributed by atoms with Gasteiger partial charge in [-0.25, -0.2) is 13.2 Å². The summed E-state index contributed by atoms with van der Waals surface area (Å²) in [4.78, 5) is 27.2. The molecule has 7 nitrogen and oxygen atoms in total. The average Bonchev–Trinajstić information content (AvgIpc) is 3.32. The van der Waals surface area contributed by atoms with Crippen LogP contribution >= 0.6 is 0 Å². The van der Waals surface area contributed by atoms with Crippen LogP contribution in [0.1, 0.15) is 23.3 Å². The van der Waals surface area contributed by atoms with Crippen LogP contribution in [0.4, 0.5) is 0 Å². The number of rotatable bonds is 4. The fraction of sp³-hybridized carbons (Fsp3) is 0.308. The van der Waals surface area contributed by atoms with Crippen molar-refractivity contribution < 1.29 is 22.0 Å². The van der Waals surface area contributed by atoms with Gasteiger partial charge in [-0.3, -0.25) is 4.79 Å². The SMILES string of the molecule is Cc1oc2cc3oc(=O)c(CC(=O)N(C)[C@H]4CCS(=O)(=O)C4)c(C)c3cc2c1-c1ccccc1. The smallest absolute Gasteiger partial charge is 0.340 e. The van der Waals surface area contributed by atoms with Crippen LogP contribution in [0.25, 0.3) is 33.1 Å². The maximum Gasteiger partial charge on any atom is 0.340 e. The normalized spacial score (nSPS) is 17.4. The van der Waals surface area contributed by atoms with E-state index in [2.05, 4.69) is 0 Å². The first kappa shape index (κ1) is 22.4. The molecular formula is C26H25NO6S. The molecule has 0 aliphatic carbocycles. The minimum Gasteiger partial charge on any atom is -0.461 e. The van der Waals surface area contributed by atoms with E-state index in [1.165, 1.54) is 4.90 Å². The quantitative estimate of drug-likeness (QED) is 0.410. The Labute approximate surface area is 196 Å². The summed E-state index contributed by atoms with van der Waals surface area (Å²) < 4.78 is 35.2. The highest BCUT2D eigenvalue weighted by atomic mass is 32.2. The number of sulfone groups is 1. The van der Waals surface area contributed by atoms with Crippen LogP contribution in [-0.4, -0.2) is 43.8 Å². The number of furan rings is 1. The first-order valence-corrected chi connectivity index (χ1v) is 13.0. The highest BCUT2D eigenvalue weighted by Crippen LogP contribution is 2.37. The molecule has 1 amide bonds. The van der Waals surface area contributed by atoms with E-state index in [4.69, 9.17) is 8.83 Å². The number of amides is 1. The molecule has 8 heteroatoms. The lowest BCUT2D eigenvalue weighted by Crippen LogP contribution is -2.39. The Morgan fingerprint density at radius 1 is 1.06 bits per heavy atom. The van der Waals surface area contributed by atoms with Crippen LogP contribution in [0.15, 0.2) is 56.1 Å². The molecule has 34 heavy (non-hydrogen) atoms. The molecule has 1 atom stereocenters. The van der Waals surface area contributed by atoms with E-state index in [1.807, 2.05) is 50.2 Å². The molecule has 1 aliphatic rings. The minimum atomic E-state index is -3.12. The Morgan fingerprint density at radius 2 is 1.76 bits per heavy atom. The van der Waals surface area contributed by atoms with Gasteiger partial charge in [0.05, 0.1) is 23.5 Å². The molecule has 176 valence electrons. The molecular weight excluding hydrogens is 454 g/mol. The van der Waals surface area contributed by atoms with E-state index in [0.717, 1.165) is 27.7 Å². The highest BCUT2D eigenvalue weighted by Gasteiger charge is 2.33. The van der Waals surface area contributed by atoms with Crippen LogP contribution in [0.3, 0.4) is 0 Å². The fourth-order valence-corrected chi connectivity index (χ4v) is 6.60. The summed E-state index contributed by atoms with van der Waals surface area (Å²) in [5.74, 6) is 0.499. The van der Waals surface area contributed by atoms with Crippen molar-refractivity contribution in [3.05, 3.63) is 69.8 Å². The third-order valence-electron chi connectivity index (χ3n) is 6.81. The van der Waals surface area contributed by atoms with Crippen molar-refractivity contribution in [2.45, 2.75) is 32.7 Å². The number of aryl methyl sites for hydroxylation is 2. The first-order valence-electron chi connectivity index (χ1n) is 11.2. The average molecular weight is 480 g/mol. The van der Waals surface area contributed by atoms with Gasteiger partial charge in [-0.05, 0) is 37.5 Å². The van der Waals surface area contributed by atoms with Gasteiger partial charge in [0.25, 0.3) is 0 Å². The third kappa shape index (κ3) is 3.81. The van der Waals surface area contributed by atoms with E-state index in [9.17, 15) is 18.0 Å². The molecule has 0 N–H and O–H groups in total. The number of fused-ring (bicyclic) bond motifs is 2. The van der Waals surface area contributed by atoms with Gasteiger partial charge in [0.2, 0.25) is 5.91 Å². The second kappa shape index (κ2) is 8.13. The summed E-state index contributed by atoms with van der Waals surface area (Å²) in [6, 6.07) is 13.2. The molecule has 3 heterocycles. The predicted molar refractivity (Wildman–Crippen MR) is 131 cm³/mol. The Hall–Kier alpha value is -3.39. The monoisotopic (exact) mass is 479 g/mol. The molecule has 2 aromatic heterocycles. The number of nitrogens with zero attached hydrogens (tertiary/aromatic N) is 1. The molecule has 2 aromatic carbocycles. The van der Waals surface area contributed by atoms with Gasteiger partial charge in [0.15, 0.2) is 9.84 Å². The Bertz CT molecular complexity index is 1600. The van der Waals surface area contributed by atoms with Crippen LogP contribution in [0.5, 0.6) is 0 Å². The summed E-state index contributed by atoms with van der Waals surface area (Å²) in [5, 5.41) is 1.64. The van der Waals surface area contributed by atoms with Crippen molar-refractivity contribution >= 4 is 37.7 Å². The lowest BCUT2D eigenvalue weighted by Gasteiger charge is -2.23. The standard InChI is InChI=1S/C26H25NO6S/c1-15-19-11-21-23(32-16(2)25(21)17-7-5-4-6-8-17)13-22(19)33-26(29)20(15)12-24(28)27(3)18-9-10-34(30,31)14-18/h4-8,11,13,18H,9-10,12,14H2,1-3H3/t18-/m0/s1. The Kier molecular flexibility index (Phi) is 5.36. The summed E-state index contributed by atoms with van der Waals surface area (Å²) >= 11 is 0. The van der Waals surface area contributed by atoms with E-state index in [0.29, 0.717) is 23.2 Å². The van der Waals surface area contributed by atoms with Gasteiger partial charge < -0.3 is 13.7 Å². The van der Waals surface area contributed by atoms with Gasteiger partial charge in [-0.15, -0.1) is 0 Å². The van der Waals surface area contributed by atoms with Gasteiger partial charge in [0, 0.05) is 35.5 Å². The molecule has 1 saturated heterocycles. The molecule has 1 aliphatic heterocycles. The second-order valence-electron chi connectivity index (χ2n) is 8.98. The molecule has 0 unspecified atom stereocenters. The van der Waals surface area contributed by atoms with Crippen LogP contribution < -0.4 is 5.63 Å². The lowest BCUT2D eigenvalue weighted by atomic mass is 9.98. The number of hydrogen-bond acceptors (Lipinski definition) is 6. The maximum absolute atomic E-state index is 12.9. The number of likely N-dealkylation sites (N-methyl/N-ethyl adjacent to an activating group) is 1. The largest absolute Gasteiger partial charge is 0.461 e. The Morgan fingerprint density at radius 3 is 2.44 bits per heavy atom. The molecule has 1 fully saturated rings. The van der Waals surface area contributed by atoms with E-state index >= 15 is 0 Å². The highest BCUT2D eigenvalue weighted by molar-refractivity contribution is 7.91. The van der Waals surface area contributed by atoms with Crippen molar-refractivity contribution in [1.82, 2.24) is 4.90 Å². The molecule has 0 spiro atoms. The summed E-state index contributed by atoms with van der Waals surface area (Å²) in [6.45, 7) is 3.71. The van der Waals surface area contributed by atoms with E-state index in [-0.39, 0.29) is 35.4 Å².